The molecule has 44 heavy (non-hydrogen) atoms. The molecule has 0 radical (unpaired) electrons. The predicted octanol–water partition coefficient (Wildman–Crippen LogP) is 8.30. The highest BCUT2D eigenvalue weighted by molar-refractivity contribution is 7.99. The maximum atomic E-state index is 5.80. The second-order valence-corrected chi connectivity index (χ2v) is 11.7. The zero-order chi connectivity index (χ0) is 31.7. The van der Waals surface area contributed by atoms with Crippen LogP contribution in [0.15, 0.2) is 75.9 Å². The predicted molar refractivity (Wildman–Crippen MR) is 195 cm³/mol. The number of ether oxygens (including phenoxy) is 1. The number of para-hydroxylation sites is 2. The monoisotopic (exact) mass is 619 g/mol. The highest BCUT2D eigenvalue weighted by Gasteiger charge is 2.26. The first-order chi connectivity index (χ1) is 21.5. The summed E-state index contributed by atoms with van der Waals surface area (Å²) in [5.74, 6) is 1.53. The lowest BCUT2D eigenvalue weighted by Gasteiger charge is -2.38. The number of aliphatic imine (C=N–C) groups is 2. The number of piperidine rings is 1. The molecular weight excluding hydrogens is 567 g/mol. The van der Waals surface area contributed by atoms with Gasteiger partial charge in [-0.25, -0.2) is 4.99 Å². The molecule has 2 aromatic carbocycles. The number of amidine groups is 1. The van der Waals surface area contributed by atoms with E-state index in [9.17, 15) is 0 Å². The molecule has 0 unspecified atom stereocenters. The fourth-order valence-corrected chi connectivity index (χ4v) is 5.97. The van der Waals surface area contributed by atoms with Crippen molar-refractivity contribution in [2.24, 2.45) is 9.98 Å². The van der Waals surface area contributed by atoms with Crippen molar-refractivity contribution < 1.29 is 4.74 Å². The Hall–Kier alpha value is -3.43. The summed E-state index contributed by atoms with van der Waals surface area (Å²) < 4.78 is 9.13. The first-order valence-electron chi connectivity index (χ1n) is 15.9. The number of likely N-dealkylation sites (tertiary alicyclic amines) is 1. The van der Waals surface area contributed by atoms with Crippen LogP contribution in [0.4, 0.5) is 22.7 Å². The van der Waals surface area contributed by atoms with E-state index in [1.165, 1.54) is 50.9 Å². The Balaban J connectivity index is 0.00000169. The van der Waals surface area contributed by atoms with Crippen LogP contribution in [0.1, 0.15) is 59.8 Å². The number of hydrogen-bond acceptors (Lipinski definition) is 8. The maximum Gasteiger partial charge on any atom is 0.144 e. The quantitative estimate of drug-likeness (QED) is 0.0955. The molecule has 0 bridgehead atoms. The standard InChI is InChI=1S/C32H45N7OS.C3H8/c1-6-11-27(33-3)24(2)32(36-28-12-7-8-13-29(28)37-41-5)35-23-34-30-15-14-26(22-31(30)40-4)39-20-16-25(17-21-39)38-18-9-10-19-38;1-3-2/h6-8,11-15,22,25,34,37H,3,9-10,16-21,23H2,1-2,4-5H3,(H,35,36);3H2,1-2H3/b11-6-,27-24-;. The van der Waals surface area contributed by atoms with Crippen LogP contribution in [-0.2, 0) is 0 Å². The Morgan fingerprint density at radius 3 is 2.34 bits per heavy atom. The fraction of sp³-hybridized carbons (Fsp3) is 0.486. The third kappa shape index (κ3) is 10.1. The summed E-state index contributed by atoms with van der Waals surface area (Å²) >= 11 is 1.55. The summed E-state index contributed by atoms with van der Waals surface area (Å²) in [6.45, 7) is 17.1. The van der Waals surface area contributed by atoms with Crippen LogP contribution >= 0.6 is 11.9 Å². The van der Waals surface area contributed by atoms with Crippen molar-refractivity contribution >= 4 is 47.3 Å². The Morgan fingerprint density at radius 2 is 1.73 bits per heavy atom. The number of hydrogen-bond donors (Lipinski definition) is 3. The smallest absolute Gasteiger partial charge is 0.144 e. The van der Waals surface area contributed by atoms with E-state index in [0.717, 1.165) is 53.2 Å². The second kappa shape index (κ2) is 19.1. The number of nitrogens with one attached hydrogen (secondary N) is 3. The van der Waals surface area contributed by atoms with E-state index in [1.54, 1.807) is 19.1 Å². The summed E-state index contributed by atoms with van der Waals surface area (Å²) in [5, 5.41) is 6.96. The van der Waals surface area contributed by atoms with E-state index in [-0.39, 0.29) is 0 Å². The third-order valence-corrected chi connectivity index (χ3v) is 8.23. The van der Waals surface area contributed by atoms with Crippen LogP contribution < -0.4 is 25.0 Å². The van der Waals surface area contributed by atoms with Gasteiger partial charge in [0.2, 0.25) is 0 Å². The summed E-state index contributed by atoms with van der Waals surface area (Å²) in [6, 6.07) is 15.2. The highest BCUT2D eigenvalue weighted by atomic mass is 32.2. The Labute approximate surface area is 270 Å². The Morgan fingerprint density at radius 1 is 1.05 bits per heavy atom. The molecule has 3 N–H and O–H groups in total. The average Bonchev–Trinajstić information content (AvgIpc) is 3.60. The molecule has 0 saturated carbocycles. The maximum absolute atomic E-state index is 5.80. The lowest BCUT2D eigenvalue weighted by atomic mass is 10.0. The molecular formula is C35H53N7OS. The zero-order valence-corrected chi connectivity index (χ0v) is 28.5. The fourth-order valence-electron chi connectivity index (χ4n) is 5.57. The SMILES string of the molecule is C=NC(/C=C\C)=C(C)\C(=N/CNc1ccc(N2CCC(N3CCCC3)CC2)cc1OC)Nc1ccccc1NSC.CCC. The van der Waals surface area contributed by atoms with E-state index in [4.69, 9.17) is 9.73 Å². The molecule has 0 amide bonds. The largest absolute Gasteiger partial charge is 0.495 e. The van der Waals surface area contributed by atoms with Crippen molar-refractivity contribution in [3.63, 3.8) is 0 Å². The average molecular weight is 620 g/mol. The van der Waals surface area contributed by atoms with Gasteiger partial charge in [0.25, 0.3) is 0 Å². The van der Waals surface area contributed by atoms with Gasteiger partial charge in [-0.05, 0) is 89.7 Å². The van der Waals surface area contributed by atoms with Crippen LogP contribution in [0.3, 0.4) is 0 Å². The van der Waals surface area contributed by atoms with Gasteiger partial charge in [0.15, 0.2) is 0 Å². The van der Waals surface area contributed by atoms with Gasteiger partial charge < -0.3 is 29.9 Å². The number of benzene rings is 2. The summed E-state index contributed by atoms with van der Waals surface area (Å²) in [5.41, 5.74) is 5.70. The molecule has 0 aliphatic carbocycles. The molecule has 9 heteroatoms. The lowest BCUT2D eigenvalue weighted by Crippen LogP contribution is -2.43. The minimum Gasteiger partial charge on any atom is -0.495 e. The lowest BCUT2D eigenvalue weighted by molar-refractivity contribution is 0.208. The molecule has 0 spiro atoms. The van der Waals surface area contributed by atoms with Crippen molar-refractivity contribution in [3.05, 3.63) is 65.9 Å². The van der Waals surface area contributed by atoms with Gasteiger partial charge in [-0.1, -0.05) is 50.4 Å². The molecule has 0 atom stereocenters. The van der Waals surface area contributed by atoms with Gasteiger partial charge in [0.05, 0.1) is 29.9 Å². The van der Waals surface area contributed by atoms with Crippen molar-refractivity contribution in [3.8, 4) is 5.75 Å². The van der Waals surface area contributed by atoms with Gasteiger partial charge in [-0.15, -0.1) is 0 Å². The molecule has 2 saturated heterocycles. The number of allylic oxidation sites excluding steroid dienone is 2. The van der Waals surface area contributed by atoms with Gasteiger partial charge in [-0.2, -0.15) is 0 Å². The zero-order valence-electron chi connectivity index (χ0n) is 27.7. The number of rotatable bonds is 12. The molecule has 8 nitrogen and oxygen atoms in total. The third-order valence-electron chi connectivity index (χ3n) is 7.80. The van der Waals surface area contributed by atoms with Crippen molar-refractivity contribution in [2.45, 2.75) is 65.8 Å². The second-order valence-electron chi connectivity index (χ2n) is 11.0. The van der Waals surface area contributed by atoms with Crippen LogP contribution in [0, 0.1) is 0 Å². The van der Waals surface area contributed by atoms with Crippen molar-refractivity contribution in [1.29, 1.82) is 0 Å². The van der Waals surface area contributed by atoms with E-state index in [2.05, 4.69) is 68.9 Å². The van der Waals surface area contributed by atoms with E-state index in [1.807, 2.05) is 56.5 Å². The normalized spacial score (nSPS) is 16.7. The van der Waals surface area contributed by atoms with E-state index < -0.39 is 0 Å². The molecule has 4 rings (SSSR count). The van der Waals surface area contributed by atoms with Crippen LogP contribution in [-0.4, -0.2) is 69.7 Å². The number of methoxy groups -OCH3 is 1. The van der Waals surface area contributed by atoms with E-state index >= 15 is 0 Å². The van der Waals surface area contributed by atoms with Gasteiger partial charge in [0.1, 0.15) is 18.3 Å². The minimum atomic E-state index is 0.356. The molecule has 240 valence electrons. The summed E-state index contributed by atoms with van der Waals surface area (Å²) in [6.07, 6.45) is 12.3. The number of anilines is 4. The van der Waals surface area contributed by atoms with Crippen LogP contribution in [0.25, 0.3) is 0 Å². The molecule has 2 fully saturated rings. The van der Waals surface area contributed by atoms with Crippen LogP contribution in [0.2, 0.25) is 0 Å². The first kappa shape index (κ1) is 35.1. The van der Waals surface area contributed by atoms with Gasteiger partial charge >= 0.3 is 0 Å². The minimum absolute atomic E-state index is 0.356. The van der Waals surface area contributed by atoms with Gasteiger partial charge in [-0.3, -0.25) is 4.99 Å². The topological polar surface area (TPSA) is 76.5 Å². The molecule has 2 aliphatic heterocycles. The van der Waals surface area contributed by atoms with Crippen LogP contribution in [0.5, 0.6) is 5.75 Å². The highest BCUT2D eigenvalue weighted by Crippen LogP contribution is 2.32. The first-order valence-corrected chi connectivity index (χ1v) is 17.1. The number of nitrogens with zero attached hydrogens (tertiary/aromatic N) is 4. The Kier molecular flexibility index (Phi) is 15.2. The molecule has 0 aromatic heterocycles. The molecule has 2 aliphatic rings. The molecule has 2 aromatic rings. The Bertz CT molecular complexity index is 1260. The summed E-state index contributed by atoms with van der Waals surface area (Å²) in [4.78, 5) is 14.3. The van der Waals surface area contributed by atoms with Crippen molar-refractivity contribution in [1.82, 2.24) is 4.90 Å². The van der Waals surface area contributed by atoms with Gasteiger partial charge in [0, 0.05) is 42.7 Å². The summed E-state index contributed by atoms with van der Waals surface area (Å²) in [7, 11) is 1.72. The van der Waals surface area contributed by atoms with E-state index in [0.29, 0.717) is 12.5 Å². The van der Waals surface area contributed by atoms with Crippen molar-refractivity contribution in [2.75, 3.05) is 66.5 Å². The molecule has 2 heterocycles.